The summed E-state index contributed by atoms with van der Waals surface area (Å²) in [5.41, 5.74) is 2.70. The first-order valence-corrected chi connectivity index (χ1v) is 11.8. The summed E-state index contributed by atoms with van der Waals surface area (Å²) in [5, 5.41) is 5.66. The van der Waals surface area contributed by atoms with E-state index >= 15 is 0 Å². The minimum atomic E-state index is -0.516. The van der Waals surface area contributed by atoms with Gasteiger partial charge in [0.15, 0.2) is 16.7 Å². The maximum atomic E-state index is 13.0. The minimum Gasteiger partial charge on any atom is -0.493 e. The lowest BCUT2D eigenvalue weighted by Gasteiger charge is -2.36. The van der Waals surface area contributed by atoms with Crippen LogP contribution in [0.5, 0.6) is 11.5 Å². The number of ether oxygens (including phenoxy) is 3. The normalized spacial score (nSPS) is 18.2. The van der Waals surface area contributed by atoms with Crippen molar-refractivity contribution in [2.75, 3.05) is 21.3 Å². The summed E-state index contributed by atoms with van der Waals surface area (Å²) in [6, 6.07) is 5.12. The molecule has 3 rings (SSSR count). The van der Waals surface area contributed by atoms with Crippen molar-refractivity contribution in [3.63, 3.8) is 0 Å². The van der Waals surface area contributed by atoms with Crippen molar-refractivity contribution in [3.05, 3.63) is 46.1 Å². The highest BCUT2D eigenvalue weighted by atomic mass is 32.2. The molecular formula is C24H31N3O5S. The Labute approximate surface area is 199 Å². The fourth-order valence-electron chi connectivity index (χ4n) is 3.84. The molecule has 0 saturated heterocycles. The molecule has 0 aromatic heterocycles. The van der Waals surface area contributed by atoms with Crippen molar-refractivity contribution < 1.29 is 23.8 Å². The van der Waals surface area contributed by atoms with Gasteiger partial charge in [0.1, 0.15) is 0 Å². The van der Waals surface area contributed by atoms with E-state index in [2.05, 4.69) is 5.32 Å². The van der Waals surface area contributed by atoms with E-state index in [-0.39, 0.29) is 18.4 Å². The van der Waals surface area contributed by atoms with Gasteiger partial charge >= 0.3 is 5.97 Å². The summed E-state index contributed by atoms with van der Waals surface area (Å²) in [4.78, 5) is 32.4. The highest BCUT2D eigenvalue weighted by Crippen LogP contribution is 2.46. The van der Waals surface area contributed by atoms with Crippen LogP contribution in [-0.2, 0) is 14.3 Å². The lowest BCUT2D eigenvalue weighted by atomic mass is 9.92. The molecule has 1 aromatic carbocycles. The molecule has 2 atom stereocenters. The first kappa shape index (κ1) is 24.7. The zero-order valence-electron chi connectivity index (χ0n) is 19.9. The second-order valence-corrected chi connectivity index (χ2v) is 8.60. The van der Waals surface area contributed by atoms with Crippen LogP contribution in [0.25, 0.3) is 0 Å². The van der Waals surface area contributed by atoms with Crippen molar-refractivity contribution >= 4 is 28.8 Å². The molecule has 1 N–H and O–H groups in total. The average molecular weight is 474 g/mol. The maximum absolute atomic E-state index is 13.0. The molecule has 9 heteroatoms. The van der Waals surface area contributed by atoms with Gasteiger partial charge in [0, 0.05) is 11.7 Å². The van der Waals surface area contributed by atoms with E-state index < -0.39 is 12.0 Å². The molecule has 0 saturated carbocycles. The van der Waals surface area contributed by atoms with E-state index in [1.807, 2.05) is 49.3 Å². The predicted octanol–water partition coefficient (Wildman–Crippen LogP) is 4.15. The van der Waals surface area contributed by atoms with Crippen molar-refractivity contribution in [1.29, 1.82) is 0 Å². The van der Waals surface area contributed by atoms with Gasteiger partial charge in [-0.25, -0.2) is 9.79 Å². The lowest BCUT2D eigenvalue weighted by Crippen LogP contribution is -2.39. The van der Waals surface area contributed by atoms with Crippen molar-refractivity contribution in [2.45, 2.75) is 52.1 Å². The number of esters is 1. The van der Waals surface area contributed by atoms with Crippen LogP contribution in [0.4, 0.5) is 0 Å². The number of benzene rings is 1. The molecule has 1 aromatic rings. The molecular weight excluding hydrogens is 442 g/mol. The van der Waals surface area contributed by atoms with Gasteiger partial charge in [-0.15, -0.1) is 0 Å². The molecule has 2 heterocycles. The molecule has 8 nitrogen and oxygen atoms in total. The first-order valence-electron chi connectivity index (χ1n) is 10.9. The molecule has 0 aliphatic carbocycles. The van der Waals surface area contributed by atoms with Gasteiger partial charge < -0.3 is 24.4 Å². The van der Waals surface area contributed by atoms with Crippen LogP contribution in [0, 0.1) is 0 Å². The number of nitrogens with zero attached hydrogens (tertiary/aromatic N) is 2. The third kappa shape index (κ3) is 5.03. The molecule has 0 bridgehead atoms. The number of carbonyl (C=O) groups excluding carboxylic acids is 2. The van der Waals surface area contributed by atoms with Gasteiger partial charge in [0.25, 0.3) is 0 Å². The van der Waals surface area contributed by atoms with Gasteiger partial charge in [-0.2, -0.15) is 0 Å². The second kappa shape index (κ2) is 10.8. The largest absolute Gasteiger partial charge is 0.493 e. The quantitative estimate of drug-likeness (QED) is 0.539. The Morgan fingerprint density at radius 3 is 2.52 bits per heavy atom. The summed E-state index contributed by atoms with van der Waals surface area (Å²) >= 11 is 1.45. The monoisotopic (exact) mass is 473 g/mol. The van der Waals surface area contributed by atoms with Crippen LogP contribution in [-0.4, -0.2) is 49.3 Å². The van der Waals surface area contributed by atoms with Crippen molar-refractivity contribution in [3.8, 4) is 11.5 Å². The first-order chi connectivity index (χ1) is 15.9. The van der Waals surface area contributed by atoms with E-state index in [1.54, 1.807) is 14.2 Å². The standard InChI is InChI=1S/C24H31N3O5S/c1-7-14(3)25-20(28)12-16-13-33-24-26-17(8-2)21(23(29)32-6)22(27(16)24)15-9-10-18(30-4)19(11-15)31-5/h9-11,13-14,22H,7-8,12H2,1-6H3,(H,25,28)/t14-,22-/m1/s1. The van der Waals surface area contributed by atoms with Crippen molar-refractivity contribution in [2.24, 2.45) is 4.99 Å². The summed E-state index contributed by atoms with van der Waals surface area (Å²) in [7, 11) is 4.51. The fourth-order valence-corrected chi connectivity index (χ4v) is 4.78. The number of thioether (sulfide) groups is 1. The van der Waals surface area contributed by atoms with E-state index in [9.17, 15) is 9.59 Å². The molecule has 0 fully saturated rings. The molecule has 0 spiro atoms. The molecule has 1 amide bonds. The number of carbonyl (C=O) groups is 2. The number of amidine groups is 1. The van der Waals surface area contributed by atoms with Crippen LogP contribution >= 0.6 is 11.8 Å². The molecule has 33 heavy (non-hydrogen) atoms. The van der Waals surface area contributed by atoms with E-state index in [4.69, 9.17) is 19.2 Å². The predicted molar refractivity (Wildman–Crippen MR) is 129 cm³/mol. The van der Waals surface area contributed by atoms with Crippen LogP contribution in [0.3, 0.4) is 0 Å². The molecule has 0 radical (unpaired) electrons. The van der Waals surface area contributed by atoms with Crippen LogP contribution in [0.15, 0.2) is 45.6 Å². The Bertz CT molecular complexity index is 1020. The highest BCUT2D eigenvalue weighted by Gasteiger charge is 2.41. The van der Waals surface area contributed by atoms with E-state index in [1.165, 1.54) is 18.9 Å². The van der Waals surface area contributed by atoms with Gasteiger partial charge in [0.2, 0.25) is 5.91 Å². The van der Waals surface area contributed by atoms with E-state index in [0.717, 1.165) is 22.8 Å². The Balaban J connectivity index is 2.09. The Kier molecular flexibility index (Phi) is 8.07. The van der Waals surface area contributed by atoms with Gasteiger partial charge in [-0.1, -0.05) is 31.7 Å². The summed E-state index contributed by atoms with van der Waals surface area (Å²) in [5.74, 6) is 0.612. The van der Waals surface area contributed by atoms with Gasteiger partial charge in [-0.05, 0) is 42.9 Å². The Morgan fingerprint density at radius 2 is 1.91 bits per heavy atom. The second-order valence-electron chi connectivity index (χ2n) is 7.77. The Hall–Kier alpha value is -2.94. The number of amides is 1. The maximum Gasteiger partial charge on any atom is 0.338 e. The zero-order chi connectivity index (χ0) is 24.1. The SMILES string of the molecule is CCC1=C(C(=O)OC)[C@@H](c2ccc(OC)c(OC)c2)N2C(CC(=O)N[C@H](C)CC)=CSC2=N1. The lowest BCUT2D eigenvalue weighted by molar-refractivity contribution is -0.136. The number of methoxy groups -OCH3 is 3. The highest BCUT2D eigenvalue weighted by molar-refractivity contribution is 8.16. The molecule has 2 aliphatic rings. The van der Waals surface area contributed by atoms with Crippen LogP contribution < -0.4 is 14.8 Å². The van der Waals surface area contributed by atoms with Gasteiger partial charge in [0.05, 0.1) is 45.1 Å². The zero-order valence-corrected chi connectivity index (χ0v) is 20.7. The minimum absolute atomic E-state index is 0.0756. The summed E-state index contributed by atoms with van der Waals surface area (Å²) in [6.45, 7) is 5.95. The number of nitrogens with one attached hydrogen (secondary N) is 1. The van der Waals surface area contributed by atoms with E-state index in [0.29, 0.717) is 29.2 Å². The molecule has 178 valence electrons. The third-order valence-corrected chi connectivity index (χ3v) is 6.60. The number of fused-ring (bicyclic) bond motifs is 1. The fraction of sp³-hybridized carbons (Fsp3) is 0.458. The topological polar surface area (TPSA) is 89.5 Å². The van der Waals surface area contributed by atoms with Crippen LogP contribution in [0.2, 0.25) is 0 Å². The average Bonchev–Trinajstić information content (AvgIpc) is 3.23. The van der Waals surface area contributed by atoms with Crippen LogP contribution in [0.1, 0.15) is 51.6 Å². The number of allylic oxidation sites excluding steroid dienone is 1. The van der Waals surface area contributed by atoms with Gasteiger partial charge in [-0.3, -0.25) is 4.79 Å². The Morgan fingerprint density at radius 1 is 1.18 bits per heavy atom. The molecule has 0 unspecified atom stereocenters. The smallest absolute Gasteiger partial charge is 0.338 e. The number of hydrogen-bond donors (Lipinski definition) is 1. The van der Waals surface area contributed by atoms with Crippen molar-refractivity contribution in [1.82, 2.24) is 10.2 Å². The summed E-state index contributed by atoms with van der Waals surface area (Å²) in [6.07, 6.45) is 1.59. The third-order valence-electron chi connectivity index (χ3n) is 5.71. The number of aliphatic imine (C=N–C) groups is 1. The molecule has 2 aliphatic heterocycles. The number of rotatable bonds is 9. The summed E-state index contributed by atoms with van der Waals surface area (Å²) < 4.78 is 16.1. The number of hydrogen-bond acceptors (Lipinski definition) is 8.